The van der Waals surface area contributed by atoms with Crippen LogP contribution < -0.4 is 4.68 Å². The van der Waals surface area contributed by atoms with Crippen LogP contribution in [0.15, 0.2) is 36.7 Å². The smallest absolute Gasteiger partial charge is 0.206 e. The summed E-state index contributed by atoms with van der Waals surface area (Å²) < 4.78 is 1.73. The molecular formula is C12H12N5S+. The van der Waals surface area contributed by atoms with Gasteiger partial charge < -0.3 is 0 Å². The second-order valence-electron chi connectivity index (χ2n) is 3.93. The Kier molecular flexibility index (Phi) is 2.64. The standard InChI is InChI=1S/C12H12N5S/c1-9-10(2)18-12(14-9)17-13-8-16(15-17)11-6-4-3-5-7-11/h3-8H,1-2H3/q+1. The topological polar surface area (TPSA) is 47.5 Å². The Morgan fingerprint density at radius 2 is 1.94 bits per heavy atom. The van der Waals surface area contributed by atoms with E-state index in [0.29, 0.717) is 0 Å². The summed E-state index contributed by atoms with van der Waals surface area (Å²) in [6.07, 6.45) is 1.68. The maximum Gasteiger partial charge on any atom is 0.313 e. The Bertz CT molecular complexity index is 651. The molecule has 6 heteroatoms. The van der Waals surface area contributed by atoms with Gasteiger partial charge in [0.05, 0.1) is 16.0 Å². The molecule has 0 atom stereocenters. The molecular weight excluding hydrogens is 246 g/mol. The summed E-state index contributed by atoms with van der Waals surface area (Å²) in [6.45, 7) is 4.04. The van der Waals surface area contributed by atoms with E-state index in [-0.39, 0.29) is 0 Å². The number of tetrazole rings is 1. The molecule has 0 aliphatic rings. The molecule has 5 nitrogen and oxygen atoms in total. The summed E-state index contributed by atoms with van der Waals surface area (Å²) in [5, 5.41) is 9.40. The second-order valence-corrected chi connectivity index (χ2v) is 5.11. The van der Waals surface area contributed by atoms with Crippen LogP contribution in [0, 0.1) is 13.8 Å². The van der Waals surface area contributed by atoms with Crippen LogP contribution in [0.3, 0.4) is 0 Å². The van der Waals surface area contributed by atoms with Gasteiger partial charge in [-0.05, 0) is 26.0 Å². The number of rotatable bonds is 2. The molecule has 0 aliphatic heterocycles. The van der Waals surface area contributed by atoms with Crippen LogP contribution in [0.2, 0.25) is 0 Å². The Balaban J connectivity index is 1.99. The fourth-order valence-electron chi connectivity index (χ4n) is 1.56. The van der Waals surface area contributed by atoms with E-state index in [4.69, 9.17) is 0 Å². The second kappa shape index (κ2) is 4.30. The summed E-state index contributed by atoms with van der Waals surface area (Å²) in [7, 11) is 0. The lowest BCUT2D eigenvalue weighted by molar-refractivity contribution is -0.661. The molecule has 3 rings (SSSR count). The third kappa shape index (κ3) is 1.91. The van der Waals surface area contributed by atoms with E-state index in [2.05, 4.69) is 15.3 Å². The van der Waals surface area contributed by atoms with E-state index in [1.54, 1.807) is 27.1 Å². The Hall–Kier alpha value is -2.08. The van der Waals surface area contributed by atoms with Crippen LogP contribution in [0.25, 0.3) is 10.8 Å². The van der Waals surface area contributed by atoms with Gasteiger partial charge in [-0.25, -0.2) is 4.98 Å². The zero-order chi connectivity index (χ0) is 12.5. The van der Waals surface area contributed by atoms with Gasteiger partial charge in [0.2, 0.25) is 0 Å². The molecule has 0 amide bonds. The lowest BCUT2D eigenvalue weighted by atomic mass is 10.3. The molecule has 0 bridgehead atoms. The summed E-state index contributed by atoms with van der Waals surface area (Å²) in [5.74, 6) is 0. The highest BCUT2D eigenvalue weighted by molar-refractivity contribution is 7.14. The van der Waals surface area contributed by atoms with Crippen molar-refractivity contribution in [2.24, 2.45) is 0 Å². The highest BCUT2D eigenvalue weighted by Crippen LogP contribution is 2.18. The van der Waals surface area contributed by atoms with Gasteiger partial charge in [0.25, 0.3) is 6.33 Å². The van der Waals surface area contributed by atoms with Crippen LogP contribution >= 0.6 is 11.3 Å². The summed E-state index contributed by atoms with van der Waals surface area (Å²) in [5.41, 5.74) is 2.01. The van der Waals surface area contributed by atoms with Crippen molar-refractivity contribution in [1.29, 1.82) is 0 Å². The van der Waals surface area contributed by atoms with E-state index >= 15 is 0 Å². The molecule has 0 unspecified atom stereocenters. The number of hydrogen-bond acceptors (Lipinski definition) is 4. The van der Waals surface area contributed by atoms with E-state index < -0.39 is 0 Å². The van der Waals surface area contributed by atoms with E-state index in [1.807, 2.05) is 44.2 Å². The van der Waals surface area contributed by atoms with E-state index in [0.717, 1.165) is 16.5 Å². The lowest BCUT2D eigenvalue weighted by Crippen LogP contribution is -2.32. The fraction of sp³-hybridized carbons (Fsp3) is 0.167. The average molecular weight is 258 g/mol. The van der Waals surface area contributed by atoms with Gasteiger partial charge in [-0.3, -0.25) is 0 Å². The zero-order valence-corrected chi connectivity index (χ0v) is 10.9. The third-order valence-electron chi connectivity index (χ3n) is 2.66. The molecule has 2 heterocycles. The molecule has 2 aromatic heterocycles. The zero-order valence-electron chi connectivity index (χ0n) is 10.1. The molecule has 0 spiro atoms. The predicted octanol–water partition coefficient (Wildman–Crippen LogP) is 1.62. The van der Waals surface area contributed by atoms with Crippen molar-refractivity contribution in [2.45, 2.75) is 13.8 Å². The quantitative estimate of drug-likeness (QED) is 0.656. The fourth-order valence-corrected chi connectivity index (χ4v) is 2.38. The number of hydrogen-bond donors (Lipinski definition) is 0. The number of thiazole rings is 1. The monoisotopic (exact) mass is 258 g/mol. The molecule has 3 aromatic rings. The minimum atomic E-state index is 0.791. The molecule has 18 heavy (non-hydrogen) atoms. The van der Waals surface area contributed by atoms with Crippen LogP contribution in [-0.4, -0.2) is 20.1 Å². The van der Waals surface area contributed by atoms with E-state index in [1.165, 1.54) is 4.88 Å². The van der Waals surface area contributed by atoms with Crippen molar-refractivity contribution < 1.29 is 4.68 Å². The van der Waals surface area contributed by atoms with Crippen molar-refractivity contribution in [3.8, 4) is 10.8 Å². The minimum absolute atomic E-state index is 0.791. The SMILES string of the molecule is Cc1nc(-n2nc[n+](-c3ccccc3)n2)sc1C. The molecule has 0 saturated heterocycles. The summed E-state index contributed by atoms with van der Waals surface area (Å²) in [4.78, 5) is 7.17. The first-order valence-corrected chi connectivity index (χ1v) is 6.40. The Morgan fingerprint density at radius 1 is 1.17 bits per heavy atom. The molecule has 0 saturated carbocycles. The maximum atomic E-state index is 4.43. The van der Waals surface area contributed by atoms with Crippen molar-refractivity contribution >= 4 is 11.3 Å². The van der Waals surface area contributed by atoms with Crippen molar-refractivity contribution in [3.63, 3.8) is 0 Å². The molecule has 90 valence electrons. The molecule has 0 radical (unpaired) electrons. The van der Waals surface area contributed by atoms with Gasteiger partial charge in [0, 0.05) is 9.67 Å². The average Bonchev–Trinajstić information content (AvgIpc) is 2.99. The predicted molar refractivity (Wildman–Crippen MR) is 68.0 cm³/mol. The minimum Gasteiger partial charge on any atom is -0.206 e. The summed E-state index contributed by atoms with van der Waals surface area (Å²) in [6, 6.07) is 9.88. The number of para-hydroxylation sites is 1. The molecule has 1 aromatic carbocycles. The highest BCUT2D eigenvalue weighted by atomic mass is 32.1. The van der Waals surface area contributed by atoms with Crippen molar-refractivity contribution in [3.05, 3.63) is 47.2 Å². The largest absolute Gasteiger partial charge is 0.313 e. The first kappa shape index (κ1) is 11.0. The van der Waals surface area contributed by atoms with Gasteiger partial charge >= 0.3 is 5.13 Å². The van der Waals surface area contributed by atoms with E-state index in [9.17, 15) is 0 Å². The first-order valence-electron chi connectivity index (χ1n) is 5.58. The van der Waals surface area contributed by atoms with Crippen molar-refractivity contribution in [2.75, 3.05) is 0 Å². The summed E-state index contributed by atoms with van der Waals surface area (Å²) >= 11 is 1.59. The number of aromatic nitrogens is 5. The number of aryl methyl sites for hydroxylation is 2. The molecule has 0 aliphatic carbocycles. The van der Waals surface area contributed by atoms with Gasteiger partial charge in [-0.2, -0.15) is 0 Å². The molecule has 0 N–H and O–H groups in total. The van der Waals surface area contributed by atoms with Gasteiger partial charge in [-0.15, -0.1) is 4.68 Å². The Morgan fingerprint density at radius 3 is 2.61 bits per heavy atom. The third-order valence-corrected chi connectivity index (χ3v) is 3.70. The van der Waals surface area contributed by atoms with Gasteiger partial charge in [0.15, 0.2) is 0 Å². The van der Waals surface area contributed by atoms with Crippen LogP contribution in [0.5, 0.6) is 0 Å². The van der Waals surface area contributed by atoms with Crippen LogP contribution in [-0.2, 0) is 0 Å². The first-order chi connectivity index (χ1) is 8.74. The lowest BCUT2D eigenvalue weighted by Gasteiger charge is -1.90. The molecule has 0 fully saturated rings. The van der Waals surface area contributed by atoms with Crippen LogP contribution in [0.4, 0.5) is 0 Å². The maximum absolute atomic E-state index is 4.43. The number of nitrogens with zero attached hydrogens (tertiary/aromatic N) is 5. The van der Waals surface area contributed by atoms with Gasteiger partial charge in [0.1, 0.15) is 5.69 Å². The normalized spacial score (nSPS) is 10.8. The van der Waals surface area contributed by atoms with Gasteiger partial charge in [-0.1, -0.05) is 29.5 Å². The Labute approximate surface area is 108 Å². The highest BCUT2D eigenvalue weighted by Gasteiger charge is 2.16. The van der Waals surface area contributed by atoms with Crippen molar-refractivity contribution in [1.82, 2.24) is 20.1 Å². The number of benzene rings is 1. The van der Waals surface area contributed by atoms with Crippen LogP contribution in [0.1, 0.15) is 10.6 Å².